The molecule has 1 atom stereocenters. The lowest BCUT2D eigenvalue weighted by atomic mass is 10.1. The number of nitrogens with zero attached hydrogens (tertiary/aromatic N) is 3. The maximum absolute atomic E-state index is 10.5. The molecular weight excluding hydrogens is 228 g/mol. The van der Waals surface area contributed by atoms with Gasteiger partial charge in [-0.25, -0.2) is 4.98 Å². The Morgan fingerprint density at radius 1 is 1.81 bits per heavy atom. The molecule has 1 aromatic rings. The second kappa shape index (κ2) is 4.75. The minimum absolute atomic E-state index is 0.0889. The standard InChI is InChI=1S/C9H14N4O2S/c1-12-3-2-7(6-12)4-10-9-11-5-8(16-9)13(14)15/h5,7H,2-4,6H2,1H3,(H,10,11). The van der Waals surface area contributed by atoms with Crippen LogP contribution in [0.5, 0.6) is 0 Å². The number of thiazole rings is 1. The van der Waals surface area contributed by atoms with E-state index in [4.69, 9.17) is 0 Å². The first-order chi connectivity index (χ1) is 7.65. The van der Waals surface area contributed by atoms with E-state index in [1.165, 1.54) is 12.6 Å². The Morgan fingerprint density at radius 2 is 2.62 bits per heavy atom. The molecule has 1 aliphatic rings. The summed E-state index contributed by atoms with van der Waals surface area (Å²) in [4.78, 5) is 16.3. The molecule has 0 radical (unpaired) electrons. The highest BCUT2D eigenvalue weighted by atomic mass is 32.1. The van der Waals surface area contributed by atoms with Gasteiger partial charge in [-0.3, -0.25) is 10.1 Å². The van der Waals surface area contributed by atoms with E-state index in [9.17, 15) is 10.1 Å². The van der Waals surface area contributed by atoms with Gasteiger partial charge in [-0.15, -0.1) is 0 Å². The largest absolute Gasteiger partial charge is 0.361 e. The van der Waals surface area contributed by atoms with Crippen LogP contribution in [0, 0.1) is 16.0 Å². The van der Waals surface area contributed by atoms with Crippen molar-refractivity contribution in [3.05, 3.63) is 16.3 Å². The highest BCUT2D eigenvalue weighted by molar-refractivity contribution is 7.18. The summed E-state index contributed by atoms with van der Waals surface area (Å²) in [7, 11) is 2.11. The number of hydrogen-bond donors (Lipinski definition) is 1. The Hall–Kier alpha value is -1.21. The third-order valence-electron chi connectivity index (χ3n) is 2.70. The molecule has 1 N–H and O–H groups in total. The molecule has 16 heavy (non-hydrogen) atoms. The molecule has 0 bridgehead atoms. The molecule has 2 heterocycles. The van der Waals surface area contributed by atoms with Gasteiger partial charge in [-0.2, -0.15) is 0 Å². The molecule has 0 saturated carbocycles. The maximum Gasteiger partial charge on any atom is 0.345 e. The van der Waals surface area contributed by atoms with Crippen molar-refractivity contribution in [2.24, 2.45) is 5.92 Å². The first-order valence-electron chi connectivity index (χ1n) is 5.18. The third kappa shape index (κ3) is 2.67. The van der Waals surface area contributed by atoms with Crippen LogP contribution in [0.4, 0.5) is 10.1 Å². The Kier molecular flexibility index (Phi) is 3.35. The normalized spacial score (nSPS) is 21.2. The molecule has 0 aliphatic carbocycles. The van der Waals surface area contributed by atoms with Crippen LogP contribution in [0.1, 0.15) is 6.42 Å². The molecule has 1 aliphatic heterocycles. The van der Waals surface area contributed by atoms with E-state index in [0.717, 1.165) is 31.0 Å². The number of rotatable bonds is 4. The van der Waals surface area contributed by atoms with Gasteiger partial charge in [-0.05, 0) is 37.3 Å². The summed E-state index contributed by atoms with van der Waals surface area (Å²) in [5.41, 5.74) is 0. The number of likely N-dealkylation sites (tertiary alicyclic amines) is 1. The monoisotopic (exact) mass is 242 g/mol. The minimum Gasteiger partial charge on any atom is -0.361 e. The van der Waals surface area contributed by atoms with Crippen LogP contribution in [-0.4, -0.2) is 41.5 Å². The van der Waals surface area contributed by atoms with Crippen molar-refractivity contribution in [2.45, 2.75) is 6.42 Å². The molecule has 2 rings (SSSR count). The molecule has 7 heteroatoms. The number of hydrogen-bond acceptors (Lipinski definition) is 6. The van der Waals surface area contributed by atoms with Crippen LogP contribution in [0.15, 0.2) is 6.20 Å². The number of anilines is 1. The zero-order chi connectivity index (χ0) is 11.5. The van der Waals surface area contributed by atoms with E-state index in [2.05, 4.69) is 22.2 Å². The predicted octanol–water partition coefficient (Wildman–Crippen LogP) is 1.41. The van der Waals surface area contributed by atoms with Crippen LogP contribution >= 0.6 is 11.3 Å². The Labute approximate surface area is 97.4 Å². The number of nitrogens with one attached hydrogen (secondary N) is 1. The summed E-state index contributed by atoms with van der Waals surface area (Å²) < 4.78 is 0. The topological polar surface area (TPSA) is 71.3 Å². The quantitative estimate of drug-likeness (QED) is 0.638. The minimum atomic E-state index is -0.411. The molecule has 0 amide bonds. The van der Waals surface area contributed by atoms with Gasteiger partial charge in [0, 0.05) is 13.1 Å². The third-order valence-corrected chi connectivity index (χ3v) is 3.61. The van der Waals surface area contributed by atoms with Crippen LogP contribution in [-0.2, 0) is 0 Å². The summed E-state index contributed by atoms with van der Waals surface area (Å²) in [6, 6.07) is 0. The molecule has 1 unspecified atom stereocenters. The Bertz CT molecular complexity index is 381. The van der Waals surface area contributed by atoms with Crippen molar-refractivity contribution in [3.63, 3.8) is 0 Å². The van der Waals surface area contributed by atoms with Crippen LogP contribution in [0.2, 0.25) is 0 Å². The van der Waals surface area contributed by atoms with E-state index < -0.39 is 4.92 Å². The van der Waals surface area contributed by atoms with E-state index in [1.807, 2.05) is 0 Å². The average Bonchev–Trinajstić information content (AvgIpc) is 2.83. The van der Waals surface area contributed by atoms with Crippen molar-refractivity contribution in [1.29, 1.82) is 0 Å². The van der Waals surface area contributed by atoms with Gasteiger partial charge >= 0.3 is 5.00 Å². The van der Waals surface area contributed by atoms with Crippen LogP contribution in [0.25, 0.3) is 0 Å². The van der Waals surface area contributed by atoms with Gasteiger partial charge in [0.05, 0.1) is 4.92 Å². The second-order valence-electron chi connectivity index (χ2n) is 4.06. The molecule has 1 aromatic heterocycles. The highest BCUT2D eigenvalue weighted by Crippen LogP contribution is 2.25. The van der Waals surface area contributed by atoms with Crippen molar-refractivity contribution in [1.82, 2.24) is 9.88 Å². The summed E-state index contributed by atoms with van der Waals surface area (Å²) in [5, 5.41) is 14.3. The first kappa shape index (κ1) is 11.3. The molecule has 0 spiro atoms. The van der Waals surface area contributed by atoms with Gasteiger partial charge in [0.25, 0.3) is 0 Å². The van der Waals surface area contributed by atoms with Gasteiger partial charge in [0.15, 0.2) is 5.13 Å². The van der Waals surface area contributed by atoms with Crippen molar-refractivity contribution in [2.75, 3.05) is 32.0 Å². The van der Waals surface area contributed by atoms with Gasteiger partial charge in [0.1, 0.15) is 6.20 Å². The number of nitro groups is 1. The van der Waals surface area contributed by atoms with Crippen molar-refractivity contribution >= 4 is 21.5 Å². The van der Waals surface area contributed by atoms with Gasteiger partial charge in [-0.1, -0.05) is 0 Å². The van der Waals surface area contributed by atoms with Crippen molar-refractivity contribution < 1.29 is 4.92 Å². The van der Waals surface area contributed by atoms with Gasteiger partial charge in [0.2, 0.25) is 0 Å². The number of aromatic nitrogens is 1. The van der Waals surface area contributed by atoms with Crippen molar-refractivity contribution in [3.8, 4) is 0 Å². The molecule has 0 aromatic carbocycles. The fraction of sp³-hybridized carbons (Fsp3) is 0.667. The molecule has 1 fully saturated rings. The maximum atomic E-state index is 10.5. The zero-order valence-electron chi connectivity index (χ0n) is 9.05. The molecule has 88 valence electrons. The Balaban J connectivity index is 1.83. The smallest absolute Gasteiger partial charge is 0.345 e. The molecule has 1 saturated heterocycles. The van der Waals surface area contributed by atoms with E-state index >= 15 is 0 Å². The molecule has 6 nitrogen and oxygen atoms in total. The SMILES string of the molecule is CN1CCC(CNc2ncc([N+](=O)[O-])s2)C1. The molecular formula is C9H14N4O2S. The van der Waals surface area contributed by atoms with Gasteiger partial charge < -0.3 is 10.2 Å². The average molecular weight is 242 g/mol. The lowest BCUT2D eigenvalue weighted by molar-refractivity contribution is -0.380. The zero-order valence-corrected chi connectivity index (χ0v) is 9.87. The fourth-order valence-corrected chi connectivity index (χ4v) is 2.50. The van der Waals surface area contributed by atoms with E-state index in [1.54, 1.807) is 0 Å². The summed E-state index contributed by atoms with van der Waals surface area (Å²) in [5.74, 6) is 0.618. The highest BCUT2D eigenvalue weighted by Gasteiger charge is 2.19. The van der Waals surface area contributed by atoms with E-state index in [0.29, 0.717) is 11.0 Å². The Morgan fingerprint density at radius 3 is 3.19 bits per heavy atom. The second-order valence-corrected chi connectivity index (χ2v) is 5.07. The summed E-state index contributed by atoms with van der Waals surface area (Å²) in [6.45, 7) is 3.06. The predicted molar refractivity (Wildman–Crippen MR) is 62.9 cm³/mol. The summed E-state index contributed by atoms with van der Waals surface area (Å²) >= 11 is 1.09. The van der Waals surface area contributed by atoms with Crippen LogP contribution < -0.4 is 5.32 Å². The van der Waals surface area contributed by atoms with Crippen LogP contribution in [0.3, 0.4) is 0 Å². The summed E-state index contributed by atoms with van der Waals surface area (Å²) in [6.07, 6.45) is 2.48. The lowest BCUT2D eigenvalue weighted by Gasteiger charge is -2.10. The first-order valence-corrected chi connectivity index (χ1v) is 5.99. The lowest BCUT2D eigenvalue weighted by Crippen LogP contribution is -2.18. The van der Waals surface area contributed by atoms with E-state index in [-0.39, 0.29) is 5.00 Å². The fourth-order valence-electron chi connectivity index (χ4n) is 1.86.